The van der Waals surface area contributed by atoms with Crippen molar-refractivity contribution in [3.05, 3.63) is 76.8 Å². The Bertz CT molecular complexity index is 1110. The minimum Gasteiger partial charge on any atom is -0.444 e. The first-order valence-corrected chi connectivity index (χ1v) is 11.3. The standard InChI is InChI=1S/C27H30ClN3O4/c1-7-16-31(22(32)17-29-26(34)35-27(4,5)6)24(20-14-12-19(8-2)13-15-20)25(33)30-23-18(3)10-9-11-21(23)28/h2,7,9-15,24H,1,16-17H2,3-6H3,(H,29,34)(H,30,33). The van der Waals surface area contributed by atoms with E-state index in [1.165, 1.54) is 11.0 Å². The van der Waals surface area contributed by atoms with E-state index in [-0.39, 0.29) is 13.1 Å². The Labute approximate surface area is 211 Å². The number of benzene rings is 2. The van der Waals surface area contributed by atoms with E-state index in [0.29, 0.717) is 21.8 Å². The van der Waals surface area contributed by atoms with Crippen LogP contribution in [0.5, 0.6) is 0 Å². The van der Waals surface area contributed by atoms with Gasteiger partial charge in [-0.15, -0.1) is 13.0 Å². The fraction of sp³-hybridized carbons (Fsp3) is 0.296. The number of aryl methyl sites for hydroxylation is 1. The predicted octanol–water partition coefficient (Wildman–Crippen LogP) is 4.85. The Morgan fingerprint density at radius 2 is 1.86 bits per heavy atom. The lowest BCUT2D eigenvalue weighted by Crippen LogP contribution is -2.46. The number of para-hydroxylation sites is 1. The van der Waals surface area contributed by atoms with Crippen LogP contribution in [0.15, 0.2) is 55.1 Å². The summed E-state index contributed by atoms with van der Waals surface area (Å²) in [6, 6.07) is 10.9. The first-order chi connectivity index (χ1) is 16.5. The van der Waals surface area contributed by atoms with Crippen LogP contribution >= 0.6 is 11.6 Å². The van der Waals surface area contributed by atoms with E-state index in [4.69, 9.17) is 22.8 Å². The fourth-order valence-corrected chi connectivity index (χ4v) is 3.54. The van der Waals surface area contributed by atoms with Crippen molar-refractivity contribution in [2.75, 3.05) is 18.4 Å². The lowest BCUT2D eigenvalue weighted by molar-refractivity contribution is -0.137. The molecule has 2 aromatic carbocycles. The molecule has 0 heterocycles. The van der Waals surface area contributed by atoms with Crippen LogP contribution in [0.3, 0.4) is 0 Å². The Morgan fingerprint density at radius 3 is 2.40 bits per heavy atom. The molecule has 0 saturated carbocycles. The molecule has 0 aliphatic heterocycles. The highest BCUT2D eigenvalue weighted by atomic mass is 35.5. The molecule has 2 rings (SSSR count). The largest absolute Gasteiger partial charge is 0.444 e. The second-order valence-electron chi connectivity index (χ2n) is 8.78. The molecule has 2 aromatic rings. The molecule has 2 N–H and O–H groups in total. The van der Waals surface area contributed by atoms with Gasteiger partial charge in [-0.05, 0) is 57.0 Å². The lowest BCUT2D eigenvalue weighted by Gasteiger charge is -2.31. The van der Waals surface area contributed by atoms with Crippen molar-refractivity contribution < 1.29 is 19.1 Å². The van der Waals surface area contributed by atoms with Crippen molar-refractivity contribution in [3.8, 4) is 12.3 Å². The van der Waals surface area contributed by atoms with E-state index >= 15 is 0 Å². The quantitative estimate of drug-likeness (QED) is 0.405. The van der Waals surface area contributed by atoms with Crippen LogP contribution in [-0.2, 0) is 14.3 Å². The van der Waals surface area contributed by atoms with Crippen LogP contribution in [-0.4, -0.2) is 41.5 Å². The van der Waals surface area contributed by atoms with Gasteiger partial charge in [0.1, 0.15) is 18.2 Å². The summed E-state index contributed by atoms with van der Waals surface area (Å²) in [5, 5.41) is 5.66. The highest BCUT2D eigenvalue weighted by Crippen LogP contribution is 2.29. The van der Waals surface area contributed by atoms with Gasteiger partial charge < -0.3 is 20.3 Å². The molecule has 1 atom stereocenters. The molecule has 0 spiro atoms. The van der Waals surface area contributed by atoms with Crippen molar-refractivity contribution in [1.82, 2.24) is 10.2 Å². The van der Waals surface area contributed by atoms with Crippen molar-refractivity contribution in [3.63, 3.8) is 0 Å². The Kier molecular flexibility index (Phi) is 9.50. The maximum Gasteiger partial charge on any atom is 0.408 e. The zero-order valence-corrected chi connectivity index (χ0v) is 21.1. The van der Waals surface area contributed by atoms with Crippen LogP contribution in [0.25, 0.3) is 0 Å². The van der Waals surface area contributed by atoms with Crippen molar-refractivity contribution in [2.24, 2.45) is 0 Å². The zero-order chi connectivity index (χ0) is 26.2. The SMILES string of the molecule is C#Cc1ccc(C(C(=O)Nc2c(C)cccc2Cl)N(CC=C)C(=O)CNC(=O)OC(C)(C)C)cc1. The lowest BCUT2D eigenvalue weighted by atomic mass is 10.0. The van der Waals surface area contributed by atoms with Crippen LogP contribution < -0.4 is 10.6 Å². The molecule has 7 nitrogen and oxygen atoms in total. The van der Waals surface area contributed by atoms with Gasteiger partial charge in [0.05, 0.1) is 10.7 Å². The summed E-state index contributed by atoms with van der Waals surface area (Å²) in [5.74, 6) is 1.54. The number of rotatable bonds is 8. The monoisotopic (exact) mass is 495 g/mol. The molecule has 0 aliphatic rings. The molecule has 0 radical (unpaired) electrons. The Balaban J connectivity index is 2.40. The molecule has 8 heteroatoms. The van der Waals surface area contributed by atoms with Gasteiger partial charge in [0.15, 0.2) is 0 Å². The molecule has 3 amide bonds. The number of alkyl carbamates (subject to hydrolysis) is 1. The van der Waals surface area contributed by atoms with E-state index in [1.54, 1.807) is 57.2 Å². The number of anilines is 1. The average molecular weight is 496 g/mol. The normalized spacial score (nSPS) is 11.5. The number of hydrogen-bond acceptors (Lipinski definition) is 4. The van der Waals surface area contributed by atoms with E-state index in [0.717, 1.165) is 5.56 Å². The smallest absolute Gasteiger partial charge is 0.408 e. The number of ether oxygens (including phenoxy) is 1. The molecular weight excluding hydrogens is 466 g/mol. The summed E-state index contributed by atoms with van der Waals surface area (Å²) in [5.41, 5.74) is 1.64. The molecule has 1 unspecified atom stereocenters. The number of carbonyl (C=O) groups is 3. The second kappa shape index (κ2) is 12.1. The molecule has 35 heavy (non-hydrogen) atoms. The third kappa shape index (κ3) is 7.90. The highest BCUT2D eigenvalue weighted by Gasteiger charge is 2.32. The van der Waals surface area contributed by atoms with E-state index in [2.05, 4.69) is 23.1 Å². The van der Waals surface area contributed by atoms with Gasteiger partial charge in [-0.25, -0.2) is 4.79 Å². The van der Waals surface area contributed by atoms with Crippen LogP contribution in [0.1, 0.15) is 43.5 Å². The van der Waals surface area contributed by atoms with Gasteiger partial charge >= 0.3 is 6.09 Å². The van der Waals surface area contributed by atoms with Gasteiger partial charge in [-0.2, -0.15) is 0 Å². The van der Waals surface area contributed by atoms with E-state index in [1.807, 2.05) is 13.0 Å². The number of terminal acetylenes is 1. The number of carbonyl (C=O) groups excluding carboxylic acids is 3. The summed E-state index contributed by atoms with van der Waals surface area (Å²) in [6.07, 6.45) is 6.23. The maximum absolute atomic E-state index is 13.6. The van der Waals surface area contributed by atoms with Gasteiger partial charge in [-0.1, -0.05) is 47.9 Å². The van der Waals surface area contributed by atoms with Crippen molar-refractivity contribution >= 4 is 35.2 Å². The van der Waals surface area contributed by atoms with E-state index < -0.39 is 29.6 Å². The van der Waals surface area contributed by atoms with Crippen LogP contribution in [0.4, 0.5) is 10.5 Å². The third-order valence-corrected chi connectivity index (χ3v) is 5.17. The predicted molar refractivity (Wildman–Crippen MR) is 138 cm³/mol. The summed E-state index contributed by atoms with van der Waals surface area (Å²) in [6.45, 7) is 10.4. The summed E-state index contributed by atoms with van der Waals surface area (Å²) in [7, 11) is 0. The second-order valence-corrected chi connectivity index (χ2v) is 9.19. The molecule has 0 fully saturated rings. The number of nitrogens with one attached hydrogen (secondary N) is 2. The van der Waals surface area contributed by atoms with Gasteiger partial charge in [-0.3, -0.25) is 9.59 Å². The molecule has 0 aromatic heterocycles. The molecule has 0 saturated heterocycles. The van der Waals surface area contributed by atoms with Gasteiger partial charge in [0.25, 0.3) is 5.91 Å². The summed E-state index contributed by atoms with van der Waals surface area (Å²) >= 11 is 6.31. The first kappa shape index (κ1) is 27.5. The van der Waals surface area contributed by atoms with E-state index in [9.17, 15) is 14.4 Å². The van der Waals surface area contributed by atoms with Gasteiger partial charge in [0.2, 0.25) is 5.91 Å². The zero-order valence-electron chi connectivity index (χ0n) is 20.4. The summed E-state index contributed by atoms with van der Waals surface area (Å²) in [4.78, 5) is 40.2. The molecular formula is C27H30ClN3O4. The van der Waals surface area contributed by atoms with Crippen molar-refractivity contribution in [1.29, 1.82) is 0 Å². The van der Waals surface area contributed by atoms with Crippen LogP contribution in [0, 0.1) is 19.3 Å². The van der Waals surface area contributed by atoms with Crippen LogP contribution in [0.2, 0.25) is 5.02 Å². The highest BCUT2D eigenvalue weighted by molar-refractivity contribution is 6.34. The Morgan fingerprint density at radius 1 is 1.20 bits per heavy atom. The topological polar surface area (TPSA) is 87.7 Å². The maximum atomic E-state index is 13.6. The average Bonchev–Trinajstić information content (AvgIpc) is 2.79. The third-order valence-electron chi connectivity index (χ3n) is 4.85. The minimum atomic E-state index is -1.05. The van der Waals surface area contributed by atoms with Crippen molar-refractivity contribution in [2.45, 2.75) is 39.3 Å². The number of nitrogens with zero attached hydrogens (tertiary/aromatic N) is 1. The number of amides is 3. The van der Waals surface area contributed by atoms with Gasteiger partial charge in [0, 0.05) is 12.1 Å². The first-order valence-electron chi connectivity index (χ1n) is 11.0. The molecule has 0 aliphatic carbocycles. The molecule has 184 valence electrons. The Hall–Kier alpha value is -3.76. The number of hydrogen-bond donors (Lipinski definition) is 2. The fourth-order valence-electron chi connectivity index (χ4n) is 3.27. The summed E-state index contributed by atoms with van der Waals surface area (Å²) < 4.78 is 5.20. The minimum absolute atomic E-state index is 0.0469. The number of halogens is 1. The molecule has 0 bridgehead atoms.